The summed E-state index contributed by atoms with van der Waals surface area (Å²) in [6.45, 7) is 12.8. The molecule has 0 aliphatic carbocycles. The second kappa shape index (κ2) is 9.61. The van der Waals surface area contributed by atoms with Crippen LogP contribution >= 0.6 is 0 Å². The van der Waals surface area contributed by atoms with Gasteiger partial charge in [-0.2, -0.15) is 0 Å². The lowest BCUT2D eigenvalue weighted by Crippen LogP contribution is -2.39. The Morgan fingerprint density at radius 3 is 1.40 bits per heavy atom. The van der Waals surface area contributed by atoms with E-state index in [1.807, 2.05) is 0 Å². The molecule has 20 heavy (non-hydrogen) atoms. The molecule has 0 rings (SSSR count). The summed E-state index contributed by atoms with van der Waals surface area (Å²) in [6, 6.07) is 2.07. The third kappa shape index (κ3) is 10.5. The number of carbonyl (C=O) groups excluding carboxylic acids is 1. The molecule has 120 valence electrons. The van der Waals surface area contributed by atoms with Crippen LogP contribution in [-0.2, 0) is 8.85 Å². The first-order chi connectivity index (χ1) is 9.22. The van der Waals surface area contributed by atoms with E-state index < -0.39 is 22.8 Å². The third-order valence-electron chi connectivity index (χ3n) is 3.48. The SMILES string of the molecule is CCCCC[Si](C)(C)OC(=O)O[Si](C)(C)CCCCC. The minimum atomic E-state index is -1.89. The standard InChI is InChI=1S/C15H34O3Si2/c1-7-9-11-13-19(3,4)17-15(16)18-20(5,6)14-12-10-8-2/h7-14H2,1-6H3. The fourth-order valence-electron chi connectivity index (χ4n) is 2.18. The van der Waals surface area contributed by atoms with E-state index in [1.165, 1.54) is 25.7 Å². The van der Waals surface area contributed by atoms with E-state index in [2.05, 4.69) is 40.0 Å². The molecule has 0 unspecified atom stereocenters. The fourth-order valence-corrected chi connectivity index (χ4v) is 5.65. The highest BCUT2D eigenvalue weighted by atomic mass is 28.4. The fraction of sp³-hybridized carbons (Fsp3) is 0.933. The highest BCUT2D eigenvalue weighted by molar-refractivity contribution is 6.74. The molecule has 0 amide bonds. The van der Waals surface area contributed by atoms with Crippen molar-refractivity contribution in [3.63, 3.8) is 0 Å². The molecule has 0 aromatic heterocycles. The molecule has 0 N–H and O–H groups in total. The zero-order valence-electron chi connectivity index (χ0n) is 14.4. The number of rotatable bonds is 10. The maximum Gasteiger partial charge on any atom is 0.480 e. The van der Waals surface area contributed by atoms with Crippen LogP contribution in [0, 0.1) is 0 Å². The Kier molecular flexibility index (Phi) is 9.46. The summed E-state index contributed by atoms with van der Waals surface area (Å²) >= 11 is 0. The smallest absolute Gasteiger partial charge is 0.480 e. The number of hydrogen-bond donors (Lipinski definition) is 0. The molecule has 0 saturated carbocycles. The van der Waals surface area contributed by atoms with Gasteiger partial charge in [0.2, 0.25) is 0 Å². The average molecular weight is 319 g/mol. The lowest BCUT2D eigenvalue weighted by molar-refractivity contribution is 0.146. The molecule has 0 aliphatic rings. The number of unbranched alkanes of at least 4 members (excludes halogenated alkanes) is 4. The highest BCUT2D eigenvalue weighted by Gasteiger charge is 2.32. The molecule has 0 spiro atoms. The van der Waals surface area contributed by atoms with Gasteiger partial charge in [-0.15, -0.1) is 0 Å². The van der Waals surface area contributed by atoms with Crippen molar-refractivity contribution in [3.05, 3.63) is 0 Å². The van der Waals surface area contributed by atoms with E-state index >= 15 is 0 Å². The first-order valence-electron chi connectivity index (χ1n) is 8.14. The summed E-state index contributed by atoms with van der Waals surface area (Å²) in [4.78, 5) is 12.0. The summed E-state index contributed by atoms with van der Waals surface area (Å²) in [7, 11) is -3.79. The van der Waals surface area contributed by atoms with Crippen molar-refractivity contribution in [2.45, 2.75) is 90.6 Å². The molecule has 0 aromatic carbocycles. The Morgan fingerprint density at radius 2 is 1.10 bits per heavy atom. The first-order valence-corrected chi connectivity index (χ1v) is 14.4. The lowest BCUT2D eigenvalue weighted by Gasteiger charge is -2.27. The summed E-state index contributed by atoms with van der Waals surface area (Å²) < 4.78 is 11.3. The van der Waals surface area contributed by atoms with Crippen LogP contribution < -0.4 is 0 Å². The summed E-state index contributed by atoms with van der Waals surface area (Å²) in [5.74, 6) is 0. The predicted molar refractivity (Wildman–Crippen MR) is 91.2 cm³/mol. The van der Waals surface area contributed by atoms with Crippen LogP contribution in [0.5, 0.6) is 0 Å². The Hall–Kier alpha value is -0.296. The van der Waals surface area contributed by atoms with Gasteiger partial charge in [0.1, 0.15) is 0 Å². The molecule has 0 aliphatic heterocycles. The van der Waals surface area contributed by atoms with Gasteiger partial charge < -0.3 is 8.85 Å². The molecule has 0 bridgehead atoms. The molecule has 0 radical (unpaired) electrons. The quantitative estimate of drug-likeness (QED) is 0.370. The zero-order valence-corrected chi connectivity index (χ0v) is 16.4. The van der Waals surface area contributed by atoms with Gasteiger partial charge in [0.15, 0.2) is 0 Å². The van der Waals surface area contributed by atoms with E-state index in [4.69, 9.17) is 8.85 Å². The van der Waals surface area contributed by atoms with E-state index in [0.717, 1.165) is 24.9 Å². The molecule has 3 nitrogen and oxygen atoms in total. The largest absolute Gasteiger partial charge is 0.490 e. The maximum atomic E-state index is 12.0. The van der Waals surface area contributed by atoms with Crippen molar-refractivity contribution in [1.29, 1.82) is 0 Å². The molecule has 0 atom stereocenters. The van der Waals surface area contributed by atoms with Crippen molar-refractivity contribution < 1.29 is 13.6 Å². The van der Waals surface area contributed by atoms with Crippen LogP contribution in [-0.4, -0.2) is 22.8 Å². The van der Waals surface area contributed by atoms with Crippen LogP contribution in [0.25, 0.3) is 0 Å². The van der Waals surface area contributed by atoms with Crippen molar-refractivity contribution in [3.8, 4) is 0 Å². The minimum Gasteiger partial charge on any atom is -0.490 e. The number of carbonyl (C=O) groups is 1. The van der Waals surface area contributed by atoms with Gasteiger partial charge in [0.25, 0.3) is 16.6 Å². The van der Waals surface area contributed by atoms with E-state index in [0.29, 0.717) is 0 Å². The van der Waals surface area contributed by atoms with Gasteiger partial charge in [0.05, 0.1) is 0 Å². The minimum absolute atomic E-state index is 0.411. The Balaban J connectivity index is 4.12. The summed E-state index contributed by atoms with van der Waals surface area (Å²) in [6.07, 6.45) is 6.73. The van der Waals surface area contributed by atoms with Crippen LogP contribution in [0.1, 0.15) is 52.4 Å². The Morgan fingerprint density at radius 1 is 0.750 bits per heavy atom. The monoisotopic (exact) mass is 318 g/mol. The van der Waals surface area contributed by atoms with Crippen molar-refractivity contribution >= 4 is 22.8 Å². The van der Waals surface area contributed by atoms with E-state index in [1.54, 1.807) is 0 Å². The molecule has 5 heteroatoms. The molecule has 0 saturated heterocycles. The zero-order chi connectivity index (χ0) is 15.6. The van der Waals surface area contributed by atoms with Gasteiger partial charge in [-0.1, -0.05) is 52.4 Å². The molecule has 0 aromatic rings. The predicted octanol–water partition coefficient (Wildman–Crippen LogP) is 5.93. The van der Waals surface area contributed by atoms with Crippen LogP contribution in [0.3, 0.4) is 0 Å². The second-order valence-corrected chi connectivity index (χ2v) is 15.3. The van der Waals surface area contributed by atoms with Crippen molar-refractivity contribution in [2.24, 2.45) is 0 Å². The third-order valence-corrected chi connectivity index (χ3v) is 8.04. The van der Waals surface area contributed by atoms with Crippen LogP contribution in [0.2, 0.25) is 38.3 Å². The van der Waals surface area contributed by atoms with E-state index in [-0.39, 0.29) is 0 Å². The average Bonchev–Trinajstić information content (AvgIpc) is 2.27. The Bertz CT molecular complexity index is 252. The Labute approximate surface area is 127 Å². The highest BCUT2D eigenvalue weighted by Crippen LogP contribution is 2.20. The van der Waals surface area contributed by atoms with Gasteiger partial charge in [-0.25, -0.2) is 4.79 Å². The summed E-state index contributed by atoms with van der Waals surface area (Å²) in [5.41, 5.74) is 0. The van der Waals surface area contributed by atoms with Crippen LogP contribution in [0.15, 0.2) is 0 Å². The molecule has 0 heterocycles. The maximum absolute atomic E-state index is 12.0. The van der Waals surface area contributed by atoms with Gasteiger partial charge in [-0.3, -0.25) is 0 Å². The molecular formula is C15H34O3Si2. The van der Waals surface area contributed by atoms with Gasteiger partial charge in [-0.05, 0) is 38.3 Å². The summed E-state index contributed by atoms with van der Waals surface area (Å²) in [5, 5.41) is 0. The van der Waals surface area contributed by atoms with Gasteiger partial charge >= 0.3 is 6.16 Å². The molecular weight excluding hydrogens is 284 g/mol. The normalized spacial score (nSPS) is 12.3. The molecule has 0 fully saturated rings. The second-order valence-electron chi connectivity index (χ2n) is 6.89. The van der Waals surface area contributed by atoms with E-state index in [9.17, 15) is 4.79 Å². The van der Waals surface area contributed by atoms with Crippen molar-refractivity contribution in [2.75, 3.05) is 0 Å². The van der Waals surface area contributed by atoms with Crippen LogP contribution in [0.4, 0.5) is 4.79 Å². The lowest BCUT2D eigenvalue weighted by atomic mass is 10.3. The number of hydrogen-bond acceptors (Lipinski definition) is 3. The van der Waals surface area contributed by atoms with Crippen molar-refractivity contribution in [1.82, 2.24) is 0 Å². The topological polar surface area (TPSA) is 35.5 Å². The van der Waals surface area contributed by atoms with Gasteiger partial charge in [0, 0.05) is 0 Å². The first kappa shape index (κ1) is 19.7.